The molecule has 3 heterocycles. The number of aryl methyl sites for hydroxylation is 1. The average Bonchev–Trinajstić information content (AvgIpc) is 3.28. The number of benzene rings is 2. The van der Waals surface area contributed by atoms with Crippen LogP contribution in [0.5, 0.6) is 0 Å². The molecule has 2 aromatic heterocycles. The highest BCUT2D eigenvalue weighted by Gasteiger charge is 2.32. The minimum atomic E-state index is 0.224. The quantitative estimate of drug-likeness (QED) is 0.484. The SMILES string of the molecule is CSc1ccc(C2c3[nH]c4ccccc4c3CCN2Cc2cnn(C)c2C)cc1. The molecule has 0 aliphatic carbocycles. The Balaban J connectivity index is 1.61. The standard InChI is InChI=1S/C24H26N4S/c1-16-18(14-25-27(16)2)15-28-13-12-21-20-6-4-5-7-22(20)26-23(21)24(28)17-8-10-19(29-3)11-9-17/h4-11,14,24,26H,12-13,15H2,1-3H3. The van der Waals surface area contributed by atoms with Crippen molar-refractivity contribution in [3.8, 4) is 0 Å². The summed E-state index contributed by atoms with van der Waals surface area (Å²) in [5.74, 6) is 0. The van der Waals surface area contributed by atoms with E-state index < -0.39 is 0 Å². The molecule has 148 valence electrons. The van der Waals surface area contributed by atoms with E-state index in [1.165, 1.54) is 43.9 Å². The molecule has 1 aliphatic rings. The van der Waals surface area contributed by atoms with Crippen molar-refractivity contribution < 1.29 is 0 Å². The van der Waals surface area contributed by atoms with Crippen molar-refractivity contribution in [3.05, 3.63) is 82.8 Å². The summed E-state index contributed by atoms with van der Waals surface area (Å²) in [7, 11) is 2.02. The van der Waals surface area contributed by atoms with Crippen LogP contribution in [0, 0.1) is 6.92 Å². The van der Waals surface area contributed by atoms with Crippen LogP contribution in [0.15, 0.2) is 59.6 Å². The predicted molar refractivity (Wildman–Crippen MR) is 120 cm³/mol. The molecule has 4 aromatic rings. The van der Waals surface area contributed by atoms with Gasteiger partial charge in [0.1, 0.15) is 0 Å². The molecule has 0 spiro atoms. The van der Waals surface area contributed by atoms with Gasteiger partial charge in [-0.1, -0.05) is 30.3 Å². The maximum Gasteiger partial charge on any atom is 0.0760 e. The van der Waals surface area contributed by atoms with E-state index in [2.05, 4.69) is 76.7 Å². The van der Waals surface area contributed by atoms with Crippen LogP contribution >= 0.6 is 11.8 Å². The van der Waals surface area contributed by atoms with E-state index in [0.717, 1.165) is 19.5 Å². The summed E-state index contributed by atoms with van der Waals surface area (Å²) in [6.45, 7) is 4.10. The van der Waals surface area contributed by atoms with Crippen molar-refractivity contribution in [1.29, 1.82) is 0 Å². The highest BCUT2D eigenvalue weighted by molar-refractivity contribution is 7.98. The number of fused-ring (bicyclic) bond motifs is 3. The first-order valence-corrected chi connectivity index (χ1v) is 11.3. The van der Waals surface area contributed by atoms with Gasteiger partial charge >= 0.3 is 0 Å². The number of nitrogens with one attached hydrogen (secondary N) is 1. The fraction of sp³-hybridized carbons (Fsp3) is 0.292. The number of hydrogen-bond acceptors (Lipinski definition) is 3. The summed E-state index contributed by atoms with van der Waals surface area (Å²) in [4.78, 5) is 7.66. The third kappa shape index (κ3) is 3.18. The molecule has 29 heavy (non-hydrogen) atoms. The number of aromatic nitrogens is 3. The summed E-state index contributed by atoms with van der Waals surface area (Å²) >= 11 is 1.79. The molecule has 0 bridgehead atoms. The van der Waals surface area contributed by atoms with Crippen molar-refractivity contribution in [2.24, 2.45) is 7.05 Å². The second-order valence-electron chi connectivity index (χ2n) is 7.84. The van der Waals surface area contributed by atoms with Crippen molar-refractivity contribution in [2.45, 2.75) is 30.8 Å². The molecular formula is C24H26N4S. The second-order valence-corrected chi connectivity index (χ2v) is 8.72. The first-order valence-electron chi connectivity index (χ1n) is 10.1. The van der Waals surface area contributed by atoms with E-state index >= 15 is 0 Å². The van der Waals surface area contributed by atoms with Crippen molar-refractivity contribution >= 4 is 22.7 Å². The lowest BCUT2D eigenvalue weighted by Crippen LogP contribution is -2.35. The Morgan fingerprint density at radius 3 is 2.66 bits per heavy atom. The summed E-state index contributed by atoms with van der Waals surface area (Å²) in [5, 5.41) is 5.83. The number of rotatable bonds is 4. The average molecular weight is 403 g/mol. The lowest BCUT2D eigenvalue weighted by atomic mass is 9.92. The Kier molecular flexibility index (Phi) is 4.72. The Morgan fingerprint density at radius 1 is 1.14 bits per heavy atom. The van der Waals surface area contributed by atoms with Crippen LogP contribution in [-0.4, -0.2) is 32.5 Å². The topological polar surface area (TPSA) is 36.9 Å². The molecule has 2 aromatic carbocycles. The monoisotopic (exact) mass is 402 g/mol. The van der Waals surface area contributed by atoms with Gasteiger partial charge in [-0.05, 0) is 48.9 Å². The lowest BCUT2D eigenvalue weighted by Gasteiger charge is -2.36. The van der Waals surface area contributed by atoms with Crippen molar-refractivity contribution in [3.63, 3.8) is 0 Å². The normalized spacial score (nSPS) is 17.0. The molecular weight excluding hydrogens is 376 g/mol. The van der Waals surface area contributed by atoms with Gasteiger partial charge in [0.2, 0.25) is 0 Å². The van der Waals surface area contributed by atoms with Crippen LogP contribution in [0.1, 0.15) is 34.1 Å². The van der Waals surface area contributed by atoms with Crippen LogP contribution in [0.2, 0.25) is 0 Å². The van der Waals surface area contributed by atoms with E-state index in [1.807, 2.05) is 17.9 Å². The van der Waals surface area contributed by atoms with Gasteiger partial charge in [-0.25, -0.2) is 0 Å². The van der Waals surface area contributed by atoms with E-state index in [4.69, 9.17) is 0 Å². The van der Waals surface area contributed by atoms with Gasteiger partial charge in [0.25, 0.3) is 0 Å². The Bertz CT molecular complexity index is 1160. The zero-order chi connectivity index (χ0) is 20.0. The molecule has 0 saturated carbocycles. The van der Waals surface area contributed by atoms with Crippen molar-refractivity contribution in [2.75, 3.05) is 12.8 Å². The zero-order valence-corrected chi connectivity index (χ0v) is 18.0. The first-order chi connectivity index (χ1) is 14.2. The molecule has 5 heteroatoms. The Morgan fingerprint density at radius 2 is 1.93 bits per heavy atom. The summed E-state index contributed by atoms with van der Waals surface area (Å²) in [6.07, 6.45) is 5.21. The maximum atomic E-state index is 4.46. The number of thioether (sulfide) groups is 1. The van der Waals surface area contributed by atoms with Gasteiger partial charge in [0.05, 0.1) is 12.2 Å². The largest absolute Gasteiger partial charge is 0.357 e. The molecule has 4 nitrogen and oxygen atoms in total. The van der Waals surface area contributed by atoms with E-state index in [1.54, 1.807) is 11.8 Å². The fourth-order valence-corrected chi connectivity index (χ4v) is 4.95. The smallest absolute Gasteiger partial charge is 0.0760 e. The number of nitrogens with zero attached hydrogens (tertiary/aromatic N) is 3. The van der Waals surface area contributed by atoms with Crippen molar-refractivity contribution in [1.82, 2.24) is 19.7 Å². The van der Waals surface area contributed by atoms with Crippen LogP contribution < -0.4 is 0 Å². The van der Waals surface area contributed by atoms with Gasteiger partial charge in [-0.2, -0.15) is 5.10 Å². The summed E-state index contributed by atoms with van der Waals surface area (Å²) in [5.41, 5.74) is 7.94. The Hall–Kier alpha value is -2.50. The molecule has 0 saturated heterocycles. The minimum absolute atomic E-state index is 0.224. The zero-order valence-electron chi connectivity index (χ0n) is 17.1. The van der Waals surface area contributed by atoms with Crippen LogP contribution in [0.4, 0.5) is 0 Å². The van der Waals surface area contributed by atoms with E-state index in [9.17, 15) is 0 Å². The summed E-state index contributed by atoms with van der Waals surface area (Å²) in [6, 6.07) is 18.0. The van der Waals surface area contributed by atoms with Gasteiger partial charge in [-0.15, -0.1) is 11.8 Å². The first kappa shape index (κ1) is 18.5. The lowest BCUT2D eigenvalue weighted by molar-refractivity contribution is 0.201. The number of hydrogen-bond donors (Lipinski definition) is 1. The van der Waals surface area contributed by atoms with Gasteiger partial charge in [-0.3, -0.25) is 9.58 Å². The molecule has 0 fully saturated rings. The van der Waals surface area contributed by atoms with Gasteiger partial charge in [0, 0.05) is 52.9 Å². The van der Waals surface area contributed by atoms with Crippen LogP contribution in [0.3, 0.4) is 0 Å². The predicted octanol–water partition coefficient (Wildman–Crippen LogP) is 5.08. The molecule has 1 N–H and O–H groups in total. The maximum absolute atomic E-state index is 4.46. The fourth-order valence-electron chi connectivity index (χ4n) is 4.54. The summed E-state index contributed by atoms with van der Waals surface area (Å²) < 4.78 is 1.97. The molecule has 1 unspecified atom stereocenters. The highest BCUT2D eigenvalue weighted by Crippen LogP contribution is 2.39. The third-order valence-electron chi connectivity index (χ3n) is 6.28. The van der Waals surface area contributed by atoms with Crippen LogP contribution in [0.25, 0.3) is 10.9 Å². The van der Waals surface area contributed by atoms with Gasteiger partial charge in [0.15, 0.2) is 0 Å². The highest BCUT2D eigenvalue weighted by atomic mass is 32.2. The number of para-hydroxylation sites is 1. The molecule has 1 aliphatic heterocycles. The minimum Gasteiger partial charge on any atom is -0.357 e. The number of aromatic amines is 1. The van der Waals surface area contributed by atoms with E-state index in [-0.39, 0.29) is 6.04 Å². The van der Waals surface area contributed by atoms with E-state index in [0.29, 0.717) is 0 Å². The molecule has 0 amide bonds. The number of H-pyrrole nitrogens is 1. The van der Waals surface area contributed by atoms with Crippen LogP contribution in [-0.2, 0) is 20.0 Å². The third-order valence-corrected chi connectivity index (χ3v) is 7.02. The molecule has 1 atom stereocenters. The molecule has 0 radical (unpaired) electrons. The molecule has 5 rings (SSSR count). The Labute approximate surface area is 175 Å². The second kappa shape index (κ2) is 7.39. The van der Waals surface area contributed by atoms with Gasteiger partial charge < -0.3 is 4.98 Å².